The first-order chi connectivity index (χ1) is 9.04. The predicted octanol–water partition coefficient (Wildman–Crippen LogP) is 2.01. The molecule has 0 heterocycles. The zero-order valence-corrected chi connectivity index (χ0v) is 10.4. The Morgan fingerprint density at radius 2 is 2.32 bits per heavy atom. The number of rotatable bonds is 5. The number of hydrogen-bond donors (Lipinski definition) is 1. The van der Waals surface area contributed by atoms with Crippen molar-refractivity contribution in [3.8, 4) is 6.07 Å². The number of benzene rings is 1. The molecule has 0 aliphatic rings. The summed E-state index contributed by atoms with van der Waals surface area (Å²) in [6.07, 6.45) is 4.16. The molecule has 1 aromatic rings. The average molecular weight is 259 g/mol. The Balaban J connectivity index is 2.72. The maximum atomic E-state index is 10.8. The fourth-order valence-corrected chi connectivity index (χ4v) is 1.45. The number of amides is 1. The molecule has 0 saturated heterocycles. The quantitative estimate of drug-likeness (QED) is 0.497. The molecule has 0 atom stereocenters. The van der Waals surface area contributed by atoms with E-state index in [-0.39, 0.29) is 17.2 Å². The summed E-state index contributed by atoms with van der Waals surface area (Å²) in [5.74, 6) is -0.0950. The van der Waals surface area contributed by atoms with Gasteiger partial charge in [-0.1, -0.05) is 18.2 Å². The van der Waals surface area contributed by atoms with Gasteiger partial charge in [-0.2, -0.15) is 5.26 Å². The third-order valence-corrected chi connectivity index (χ3v) is 2.33. The molecule has 1 N–H and O–H groups in total. The van der Waals surface area contributed by atoms with Crippen molar-refractivity contribution in [2.45, 2.75) is 13.3 Å². The summed E-state index contributed by atoms with van der Waals surface area (Å²) < 4.78 is 0. The minimum Gasteiger partial charge on any atom is -0.356 e. The van der Waals surface area contributed by atoms with Gasteiger partial charge in [-0.25, -0.2) is 0 Å². The van der Waals surface area contributed by atoms with Crippen molar-refractivity contribution in [1.82, 2.24) is 5.32 Å². The Morgan fingerprint density at radius 1 is 1.58 bits per heavy atom. The molecule has 0 aliphatic carbocycles. The highest BCUT2D eigenvalue weighted by molar-refractivity contribution is 5.72. The van der Waals surface area contributed by atoms with Crippen molar-refractivity contribution in [3.05, 3.63) is 45.5 Å². The van der Waals surface area contributed by atoms with Gasteiger partial charge in [-0.05, 0) is 18.1 Å². The first-order valence-corrected chi connectivity index (χ1v) is 5.64. The SMILES string of the molecule is CC(=O)NCCC=Cc1ccc(C#N)c([N+](=O)[O-])c1. The summed E-state index contributed by atoms with van der Waals surface area (Å²) in [5, 5.41) is 22.1. The fourth-order valence-electron chi connectivity index (χ4n) is 1.45. The molecule has 0 aromatic heterocycles. The van der Waals surface area contributed by atoms with Crippen molar-refractivity contribution < 1.29 is 9.72 Å². The Hall–Kier alpha value is -2.68. The summed E-state index contributed by atoms with van der Waals surface area (Å²) in [6.45, 7) is 1.96. The number of carbonyl (C=O) groups excluding carboxylic acids is 1. The molecule has 0 unspecified atom stereocenters. The Labute approximate surface area is 110 Å². The van der Waals surface area contributed by atoms with Gasteiger partial charge in [0, 0.05) is 19.5 Å². The first-order valence-electron chi connectivity index (χ1n) is 5.64. The van der Waals surface area contributed by atoms with Crippen LogP contribution in [0.4, 0.5) is 5.69 Å². The zero-order chi connectivity index (χ0) is 14.3. The van der Waals surface area contributed by atoms with Gasteiger partial charge in [0.2, 0.25) is 5.91 Å². The highest BCUT2D eigenvalue weighted by atomic mass is 16.6. The normalized spacial score (nSPS) is 10.1. The number of nitro groups is 1. The van der Waals surface area contributed by atoms with Gasteiger partial charge in [-0.15, -0.1) is 0 Å². The minimum absolute atomic E-state index is 0.0420. The monoisotopic (exact) mass is 259 g/mol. The molecule has 0 fully saturated rings. The predicted molar refractivity (Wildman–Crippen MR) is 70.1 cm³/mol. The van der Waals surface area contributed by atoms with Gasteiger partial charge < -0.3 is 5.32 Å². The summed E-state index contributed by atoms with van der Waals surface area (Å²) >= 11 is 0. The van der Waals surface area contributed by atoms with Gasteiger partial charge in [0.15, 0.2) is 0 Å². The van der Waals surface area contributed by atoms with Gasteiger partial charge in [0.05, 0.1) is 4.92 Å². The van der Waals surface area contributed by atoms with Crippen LogP contribution < -0.4 is 5.32 Å². The van der Waals surface area contributed by atoms with Crippen LogP contribution in [-0.2, 0) is 4.79 Å². The lowest BCUT2D eigenvalue weighted by Gasteiger charge is -1.98. The lowest BCUT2D eigenvalue weighted by atomic mass is 10.1. The maximum Gasteiger partial charge on any atom is 0.287 e. The molecule has 0 spiro atoms. The van der Waals surface area contributed by atoms with Crippen LogP contribution in [0.3, 0.4) is 0 Å². The smallest absolute Gasteiger partial charge is 0.287 e. The molecule has 6 nitrogen and oxygen atoms in total. The molecule has 1 rings (SSSR count). The van der Waals surface area contributed by atoms with Crippen LogP contribution in [0.2, 0.25) is 0 Å². The van der Waals surface area contributed by atoms with Gasteiger partial charge in [-0.3, -0.25) is 14.9 Å². The van der Waals surface area contributed by atoms with Gasteiger partial charge >= 0.3 is 0 Å². The van der Waals surface area contributed by atoms with Crippen LogP contribution >= 0.6 is 0 Å². The Kier molecular flexibility index (Phi) is 5.23. The molecule has 6 heteroatoms. The highest BCUT2D eigenvalue weighted by Gasteiger charge is 2.12. The molecule has 1 amide bonds. The molecular formula is C13H13N3O3. The van der Waals surface area contributed by atoms with Gasteiger partial charge in [0.25, 0.3) is 5.69 Å². The number of nitrogens with one attached hydrogen (secondary N) is 1. The number of nitriles is 1. The Morgan fingerprint density at radius 3 is 2.89 bits per heavy atom. The summed E-state index contributed by atoms with van der Waals surface area (Å²) in [6, 6.07) is 6.20. The summed E-state index contributed by atoms with van der Waals surface area (Å²) in [4.78, 5) is 20.8. The van der Waals surface area contributed by atoms with Crippen molar-refractivity contribution in [1.29, 1.82) is 5.26 Å². The fraction of sp³-hybridized carbons (Fsp3) is 0.231. The van der Waals surface area contributed by atoms with E-state index in [9.17, 15) is 14.9 Å². The van der Waals surface area contributed by atoms with E-state index < -0.39 is 4.92 Å². The second-order valence-corrected chi connectivity index (χ2v) is 3.82. The van der Waals surface area contributed by atoms with E-state index in [1.165, 1.54) is 19.1 Å². The molecule has 19 heavy (non-hydrogen) atoms. The van der Waals surface area contributed by atoms with Crippen LogP contribution in [0, 0.1) is 21.4 Å². The molecule has 98 valence electrons. The number of nitro benzene ring substituents is 1. The second-order valence-electron chi connectivity index (χ2n) is 3.82. The average Bonchev–Trinajstić information content (AvgIpc) is 2.37. The van der Waals surface area contributed by atoms with Crippen molar-refractivity contribution in [2.75, 3.05) is 6.54 Å². The van der Waals surface area contributed by atoms with E-state index in [0.717, 1.165) is 0 Å². The molecule has 0 saturated carbocycles. The number of hydrogen-bond acceptors (Lipinski definition) is 4. The van der Waals surface area contributed by atoms with Gasteiger partial charge in [0.1, 0.15) is 11.6 Å². The molecule has 0 aliphatic heterocycles. The third kappa shape index (κ3) is 4.60. The number of nitrogens with zero attached hydrogens (tertiary/aromatic N) is 2. The van der Waals surface area contributed by atoms with Crippen molar-refractivity contribution in [2.24, 2.45) is 0 Å². The topological polar surface area (TPSA) is 96.0 Å². The zero-order valence-electron chi connectivity index (χ0n) is 10.4. The lowest BCUT2D eigenvalue weighted by molar-refractivity contribution is -0.385. The summed E-state index contributed by atoms with van der Waals surface area (Å²) in [7, 11) is 0. The maximum absolute atomic E-state index is 10.8. The van der Waals surface area contributed by atoms with Crippen molar-refractivity contribution >= 4 is 17.7 Å². The number of carbonyl (C=O) groups is 1. The molecule has 0 bridgehead atoms. The molecule has 1 aromatic carbocycles. The van der Waals surface area contributed by atoms with Crippen LogP contribution in [0.25, 0.3) is 6.08 Å². The van der Waals surface area contributed by atoms with Crippen molar-refractivity contribution in [3.63, 3.8) is 0 Å². The third-order valence-electron chi connectivity index (χ3n) is 2.33. The van der Waals surface area contributed by atoms with Crippen LogP contribution in [0.15, 0.2) is 24.3 Å². The van der Waals surface area contributed by atoms with E-state index in [4.69, 9.17) is 5.26 Å². The molecule has 0 radical (unpaired) electrons. The minimum atomic E-state index is -0.576. The largest absolute Gasteiger partial charge is 0.356 e. The first kappa shape index (κ1) is 14.4. The lowest BCUT2D eigenvalue weighted by Crippen LogP contribution is -2.20. The highest BCUT2D eigenvalue weighted by Crippen LogP contribution is 2.20. The van der Waals surface area contributed by atoms with E-state index in [1.807, 2.05) is 0 Å². The van der Waals surface area contributed by atoms with E-state index in [2.05, 4.69) is 5.32 Å². The van der Waals surface area contributed by atoms with E-state index in [0.29, 0.717) is 18.5 Å². The Bertz CT molecular complexity index is 559. The van der Waals surface area contributed by atoms with E-state index in [1.54, 1.807) is 24.3 Å². The molecular weight excluding hydrogens is 246 g/mol. The standard InChI is InChI=1S/C13H13N3O3/c1-10(17)15-7-3-2-4-11-5-6-12(9-14)13(8-11)16(18)19/h2,4-6,8H,3,7H2,1H3,(H,15,17). The van der Waals surface area contributed by atoms with Crippen LogP contribution in [-0.4, -0.2) is 17.4 Å². The van der Waals surface area contributed by atoms with Crippen LogP contribution in [0.1, 0.15) is 24.5 Å². The summed E-state index contributed by atoms with van der Waals surface area (Å²) in [5.41, 5.74) is 0.487. The van der Waals surface area contributed by atoms with Crippen LogP contribution in [0.5, 0.6) is 0 Å². The van der Waals surface area contributed by atoms with E-state index >= 15 is 0 Å². The second kappa shape index (κ2) is 6.91.